The van der Waals surface area contributed by atoms with Crippen LogP contribution in [0.5, 0.6) is 0 Å². The smallest absolute Gasteiger partial charge is 0.292 e. The number of allylic oxidation sites excluding steroid dienone is 1. The van der Waals surface area contributed by atoms with Crippen LogP contribution in [-0.2, 0) is 6.54 Å². The van der Waals surface area contributed by atoms with Crippen LogP contribution in [0, 0.1) is 13.8 Å². The summed E-state index contributed by atoms with van der Waals surface area (Å²) in [4.78, 5) is 30.8. The maximum Gasteiger partial charge on any atom is 0.336 e. The standard InChI is InChI=1S/C21H17Br2N5O2/c1-4-5-26-13(3)19(27-11-14-7-16(22)17(23)8-18(14)25-27)20(29)28(21(26)30)15-6-12(2)9-24-10-15/h4,6-11H,1,5H2,2-3H3. The summed E-state index contributed by atoms with van der Waals surface area (Å²) in [5, 5.41) is 5.44. The molecule has 4 aromatic rings. The van der Waals surface area contributed by atoms with Crippen molar-refractivity contribution in [1.82, 2.24) is 23.9 Å². The summed E-state index contributed by atoms with van der Waals surface area (Å²) in [5.74, 6) is 0. The maximum absolute atomic E-state index is 13.5. The average molecular weight is 531 g/mol. The molecule has 0 aliphatic rings. The topological polar surface area (TPSA) is 74.7 Å². The van der Waals surface area contributed by atoms with Gasteiger partial charge in [0.05, 0.1) is 23.1 Å². The van der Waals surface area contributed by atoms with Crippen molar-refractivity contribution in [3.8, 4) is 11.4 Å². The molecular formula is C21H17Br2N5O2. The predicted molar refractivity (Wildman–Crippen MR) is 124 cm³/mol. The molecular weight excluding hydrogens is 514 g/mol. The first-order chi connectivity index (χ1) is 14.3. The van der Waals surface area contributed by atoms with E-state index in [1.54, 1.807) is 31.5 Å². The molecule has 1 aromatic carbocycles. The van der Waals surface area contributed by atoms with Crippen LogP contribution in [-0.4, -0.2) is 23.9 Å². The molecule has 7 nitrogen and oxygen atoms in total. The molecule has 0 unspecified atom stereocenters. The zero-order valence-corrected chi connectivity index (χ0v) is 19.4. The predicted octanol–water partition coefficient (Wildman–Crippen LogP) is 4.06. The van der Waals surface area contributed by atoms with Gasteiger partial charge in [-0.05, 0) is 69.5 Å². The Kier molecular flexibility index (Phi) is 5.33. The number of aryl methyl sites for hydroxylation is 1. The van der Waals surface area contributed by atoms with Crippen molar-refractivity contribution in [2.75, 3.05) is 0 Å². The van der Waals surface area contributed by atoms with Gasteiger partial charge in [0, 0.05) is 33.3 Å². The Labute approximate surface area is 188 Å². The molecule has 152 valence electrons. The molecule has 3 heterocycles. The van der Waals surface area contributed by atoms with E-state index in [9.17, 15) is 9.59 Å². The minimum Gasteiger partial charge on any atom is -0.292 e. The summed E-state index contributed by atoms with van der Waals surface area (Å²) in [6, 6.07) is 5.54. The van der Waals surface area contributed by atoms with Gasteiger partial charge in [-0.25, -0.2) is 14.0 Å². The molecule has 4 rings (SSSR count). The van der Waals surface area contributed by atoms with Gasteiger partial charge in [0.25, 0.3) is 5.56 Å². The Balaban J connectivity index is 2.08. The number of nitrogens with zero attached hydrogens (tertiary/aromatic N) is 5. The molecule has 0 aliphatic carbocycles. The fourth-order valence-electron chi connectivity index (χ4n) is 3.37. The highest BCUT2D eigenvalue weighted by Crippen LogP contribution is 2.28. The van der Waals surface area contributed by atoms with E-state index in [2.05, 4.69) is 48.5 Å². The van der Waals surface area contributed by atoms with Crippen molar-refractivity contribution < 1.29 is 0 Å². The highest BCUT2D eigenvalue weighted by Gasteiger charge is 2.20. The van der Waals surface area contributed by atoms with Crippen LogP contribution in [0.1, 0.15) is 11.3 Å². The van der Waals surface area contributed by atoms with Crippen molar-refractivity contribution in [1.29, 1.82) is 0 Å². The van der Waals surface area contributed by atoms with Crippen LogP contribution in [0.2, 0.25) is 0 Å². The average Bonchev–Trinajstić information content (AvgIpc) is 3.07. The van der Waals surface area contributed by atoms with E-state index < -0.39 is 11.2 Å². The van der Waals surface area contributed by atoms with E-state index in [1.807, 2.05) is 19.1 Å². The Morgan fingerprint density at radius 2 is 1.83 bits per heavy atom. The number of hydrogen-bond acceptors (Lipinski definition) is 4. The van der Waals surface area contributed by atoms with E-state index in [0.29, 0.717) is 22.6 Å². The molecule has 0 saturated heterocycles. The lowest BCUT2D eigenvalue weighted by atomic mass is 10.2. The number of fused-ring (bicyclic) bond motifs is 1. The Bertz CT molecular complexity index is 1390. The second kappa shape index (κ2) is 7.81. The largest absolute Gasteiger partial charge is 0.336 e. The zero-order valence-electron chi connectivity index (χ0n) is 16.3. The minimum absolute atomic E-state index is 0.259. The zero-order chi connectivity index (χ0) is 21.6. The highest BCUT2D eigenvalue weighted by molar-refractivity contribution is 9.13. The molecule has 30 heavy (non-hydrogen) atoms. The number of aromatic nitrogens is 5. The van der Waals surface area contributed by atoms with Crippen LogP contribution in [0.4, 0.5) is 0 Å². The fraction of sp³-hybridized carbons (Fsp3) is 0.143. The summed E-state index contributed by atoms with van der Waals surface area (Å²) in [6.45, 7) is 7.59. The number of halogens is 2. The van der Waals surface area contributed by atoms with Gasteiger partial charge < -0.3 is 0 Å². The summed E-state index contributed by atoms with van der Waals surface area (Å²) in [7, 11) is 0. The van der Waals surface area contributed by atoms with Crippen LogP contribution in [0.3, 0.4) is 0 Å². The van der Waals surface area contributed by atoms with Crippen LogP contribution in [0.15, 0.2) is 68.0 Å². The van der Waals surface area contributed by atoms with Crippen molar-refractivity contribution in [2.24, 2.45) is 0 Å². The third kappa shape index (κ3) is 3.37. The van der Waals surface area contributed by atoms with E-state index in [0.717, 1.165) is 24.5 Å². The third-order valence-corrected chi connectivity index (χ3v) is 6.63. The van der Waals surface area contributed by atoms with Gasteiger partial charge in [-0.2, -0.15) is 5.10 Å². The monoisotopic (exact) mass is 529 g/mol. The minimum atomic E-state index is -0.462. The molecule has 0 aliphatic heterocycles. The maximum atomic E-state index is 13.5. The lowest BCUT2D eigenvalue weighted by molar-refractivity contribution is 0.651. The SMILES string of the molecule is C=CCn1c(C)c(-n2cc3cc(Br)c(Br)cc3n2)c(=O)n(-c2cncc(C)c2)c1=O. The van der Waals surface area contributed by atoms with E-state index >= 15 is 0 Å². The molecule has 9 heteroatoms. The van der Waals surface area contributed by atoms with Gasteiger partial charge in [-0.3, -0.25) is 14.3 Å². The highest BCUT2D eigenvalue weighted by atomic mass is 79.9. The lowest BCUT2D eigenvalue weighted by Gasteiger charge is -2.16. The van der Waals surface area contributed by atoms with Gasteiger partial charge in [-0.1, -0.05) is 6.08 Å². The first-order valence-electron chi connectivity index (χ1n) is 9.06. The summed E-state index contributed by atoms with van der Waals surface area (Å²) >= 11 is 6.96. The van der Waals surface area contributed by atoms with Gasteiger partial charge in [-0.15, -0.1) is 6.58 Å². The molecule has 0 bridgehead atoms. The molecule has 3 aromatic heterocycles. The Hall–Kier alpha value is -2.78. The van der Waals surface area contributed by atoms with Gasteiger partial charge >= 0.3 is 5.69 Å². The second-order valence-corrected chi connectivity index (χ2v) is 8.58. The quantitative estimate of drug-likeness (QED) is 0.373. The molecule has 0 N–H and O–H groups in total. The fourth-order valence-corrected chi connectivity index (χ4v) is 4.06. The summed E-state index contributed by atoms with van der Waals surface area (Å²) in [5.41, 5.74) is 1.86. The van der Waals surface area contributed by atoms with Crippen molar-refractivity contribution in [3.63, 3.8) is 0 Å². The summed E-state index contributed by atoms with van der Waals surface area (Å²) < 4.78 is 5.90. The number of hydrogen-bond donors (Lipinski definition) is 0. The normalized spacial score (nSPS) is 11.2. The number of rotatable bonds is 4. The van der Waals surface area contributed by atoms with Gasteiger partial charge in [0.15, 0.2) is 0 Å². The van der Waals surface area contributed by atoms with Gasteiger partial charge in [0.1, 0.15) is 5.69 Å². The van der Waals surface area contributed by atoms with Gasteiger partial charge in [0.2, 0.25) is 0 Å². The number of benzene rings is 1. The van der Waals surface area contributed by atoms with Crippen LogP contribution < -0.4 is 11.2 Å². The van der Waals surface area contributed by atoms with E-state index in [-0.39, 0.29) is 6.54 Å². The van der Waals surface area contributed by atoms with Crippen molar-refractivity contribution in [2.45, 2.75) is 20.4 Å². The van der Waals surface area contributed by atoms with E-state index in [1.165, 1.54) is 15.4 Å². The van der Waals surface area contributed by atoms with E-state index in [4.69, 9.17) is 0 Å². The molecule has 0 saturated carbocycles. The molecule has 0 radical (unpaired) electrons. The third-order valence-electron chi connectivity index (χ3n) is 4.78. The molecule has 0 atom stereocenters. The summed E-state index contributed by atoms with van der Waals surface area (Å²) in [6.07, 6.45) is 6.57. The van der Waals surface area contributed by atoms with Crippen molar-refractivity contribution in [3.05, 3.63) is 90.5 Å². The lowest BCUT2D eigenvalue weighted by Crippen LogP contribution is -2.42. The van der Waals surface area contributed by atoms with Crippen LogP contribution in [0.25, 0.3) is 22.3 Å². The van der Waals surface area contributed by atoms with Crippen LogP contribution >= 0.6 is 31.9 Å². The molecule has 0 spiro atoms. The molecule has 0 amide bonds. The Morgan fingerprint density at radius 3 is 2.53 bits per heavy atom. The van der Waals surface area contributed by atoms with Crippen molar-refractivity contribution >= 4 is 42.8 Å². The molecule has 0 fully saturated rings. The first kappa shape index (κ1) is 20.5. The number of pyridine rings is 1. The Morgan fingerprint density at radius 1 is 1.10 bits per heavy atom. The second-order valence-electron chi connectivity index (χ2n) is 6.88. The first-order valence-corrected chi connectivity index (χ1v) is 10.6.